The van der Waals surface area contributed by atoms with Crippen molar-refractivity contribution in [1.82, 2.24) is 4.90 Å². The molecular weight excluding hydrogens is 204 g/mol. The number of furan rings is 1. The first-order valence-corrected chi connectivity index (χ1v) is 5.92. The summed E-state index contributed by atoms with van der Waals surface area (Å²) in [6.07, 6.45) is 3.15. The maximum atomic E-state index is 5.65. The summed E-state index contributed by atoms with van der Waals surface area (Å²) in [6.45, 7) is 6.33. The van der Waals surface area contributed by atoms with Crippen LogP contribution in [0.5, 0.6) is 0 Å². The van der Waals surface area contributed by atoms with Crippen LogP contribution in [0.15, 0.2) is 16.7 Å². The Morgan fingerprint density at radius 1 is 1.56 bits per heavy atom. The Morgan fingerprint density at radius 2 is 2.44 bits per heavy atom. The van der Waals surface area contributed by atoms with Crippen LogP contribution in [-0.2, 0) is 17.8 Å². The Labute approximate surface area is 96.4 Å². The minimum Gasteiger partial charge on any atom is -0.468 e. The summed E-state index contributed by atoms with van der Waals surface area (Å²) in [5.74, 6) is 0.999. The normalized spacial score (nSPS) is 22.5. The summed E-state index contributed by atoms with van der Waals surface area (Å²) >= 11 is 0. The molecule has 1 fully saturated rings. The van der Waals surface area contributed by atoms with E-state index >= 15 is 0 Å². The molecule has 0 aromatic carbocycles. The van der Waals surface area contributed by atoms with Gasteiger partial charge in [0.2, 0.25) is 0 Å². The van der Waals surface area contributed by atoms with Crippen molar-refractivity contribution in [2.45, 2.75) is 32.5 Å². The second kappa shape index (κ2) is 5.48. The van der Waals surface area contributed by atoms with Crippen molar-refractivity contribution in [3.05, 3.63) is 23.7 Å². The quantitative estimate of drug-likeness (QED) is 0.838. The maximum Gasteiger partial charge on any atom is 0.122 e. The van der Waals surface area contributed by atoms with Crippen LogP contribution in [0.1, 0.15) is 24.7 Å². The van der Waals surface area contributed by atoms with Crippen LogP contribution in [0, 0.1) is 0 Å². The zero-order valence-corrected chi connectivity index (χ0v) is 9.82. The maximum absolute atomic E-state index is 5.65. The Hall–Kier alpha value is -0.840. The molecule has 4 nitrogen and oxygen atoms in total. The molecule has 2 N–H and O–H groups in total. The van der Waals surface area contributed by atoms with Crippen LogP contribution < -0.4 is 5.73 Å². The van der Waals surface area contributed by atoms with E-state index in [1.165, 1.54) is 0 Å². The number of hydrogen-bond acceptors (Lipinski definition) is 4. The summed E-state index contributed by atoms with van der Waals surface area (Å²) in [7, 11) is 0. The van der Waals surface area contributed by atoms with Gasteiger partial charge in [-0.3, -0.25) is 4.90 Å². The van der Waals surface area contributed by atoms with E-state index in [9.17, 15) is 0 Å². The van der Waals surface area contributed by atoms with Crippen LogP contribution in [-0.4, -0.2) is 30.7 Å². The third kappa shape index (κ3) is 2.64. The minimum absolute atomic E-state index is 0.366. The third-order valence-electron chi connectivity index (χ3n) is 3.10. The first-order chi connectivity index (χ1) is 7.83. The highest BCUT2D eigenvalue weighted by Crippen LogP contribution is 2.16. The van der Waals surface area contributed by atoms with Gasteiger partial charge in [-0.25, -0.2) is 0 Å². The molecule has 90 valence electrons. The Bertz CT molecular complexity index is 325. The van der Waals surface area contributed by atoms with Crippen molar-refractivity contribution in [1.29, 1.82) is 0 Å². The lowest BCUT2D eigenvalue weighted by Gasteiger charge is -2.31. The molecule has 0 saturated carbocycles. The van der Waals surface area contributed by atoms with Gasteiger partial charge in [0.1, 0.15) is 5.76 Å². The Kier molecular flexibility index (Phi) is 3.98. The van der Waals surface area contributed by atoms with E-state index < -0.39 is 0 Å². The molecule has 1 aliphatic heterocycles. The number of ether oxygens (including phenoxy) is 1. The molecular formula is C12H20N2O2. The second-order valence-electron chi connectivity index (χ2n) is 4.21. The summed E-state index contributed by atoms with van der Waals surface area (Å²) in [4.78, 5) is 2.37. The van der Waals surface area contributed by atoms with Crippen LogP contribution in [0.3, 0.4) is 0 Å². The number of nitrogens with two attached hydrogens (primary N) is 1. The zero-order valence-electron chi connectivity index (χ0n) is 9.82. The number of nitrogens with zero attached hydrogens (tertiary/aromatic N) is 1. The fourth-order valence-corrected chi connectivity index (χ4v) is 2.06. The minimum atomic E-state index is 0.366. The molecule has 0 radical (unpaired) electrons. The van der Waals surface area contributed by atoms with Gasteiger partial charge >= 0.3 is 0 Å². The number of morpholine rings is 1. The van der Waals surface area contributed by atoms with Gasteiger partial charge in [-0.1, -0.05) is 6.92 Å². The Balaban J connectivity index is 1.93. The van der Waals surface area contributed by atoms with E-state index in [2.05, 4.69) is 11.8 Å². The molecule has 2 rings (SSSR count). The van der Waals surface area contributed by atoms with Gasteiger partial charge in [-0.15, -0.1) is 0 Å². The van der Waals surface area contributed by atoms with Gasteiger partial charge in [0, 0.05) is 25.2 Å². The lowest BCUT2D eigenvalue weighted by molar-refractivity contribution is -0.0342. The fraction of sp³-hybridized carbons (Fsp3) is 0.667. The lowest BCUT2D eigenvalue weighted by atomic mass is 10.2. The van der Waals surface area contributed by atoms with E-state index in [1.807, 2.05) is 6.07 Å². The van der Waals surface area contributed by atoms with Crippen LogP contribution in [0.2, 0.25) is 0 Å². The topological polar surface area (TPSA) is 51.6 Å². The highest BCUT2D eigenvalue weighted by atomic mass is 16.5. The largest absolute Gasteiger partial charge is 0.468 e. The molecule has 1 unspecified atom stereocenters. The molecule has 16 heavy (non-hydrogen) atoms. The predicted octanol–water partition coefficient (Wildman–Crippen LogP) is 1.35. The SMILES string of the molecule is CCC1CN(Cc2occc2CN)CCO1. The highest BCUT2D eigenvalue weighted by molar-refractivity contribution is 5.16. The first-order valence-electron chi connectivity index (χ1n) is 5.92. The van der Waals surface area contributed by atoms with Crippen LogP contribution in [0.4, 0.5) is 0 Å². The van der Waals surface area contributed by atoms with Crippen molar-refractivity contribution in [2.24, 2.45) is 5.73 Å². The summed E-state index contributed by atoms with van der Waals surface area (Å²) in [6, 6.07) is 1.95. The molecule has 2 heterocycles. The smallest absolute Gasteiger partial charge is 0.122 e. The molecule has 1 aromatic rings. The van der Waals surface area contributed by atoms with Crippen molar-refractivity contribution in [2.75, 3.05) is 19.7 Å². The molecule has 1 aliphatic rings. The van der Waals surface area contributed by atoms with Gasteiger partial charge in [-0.05, 0) is 12.5 Å². The lowest BCUT2D eigenvalue weighted by Crippen LogP contribution is -2.41. The Morgan fingerprint density at radius 3 is 3.19 bits per heavy atom. The van der Waals surface area contributed by atoms with Gasteiger partial charge < -0.3 is 14.9 Å². The van der Waals surface area contributed by atoms with E-state index in [0.29, 0.717) is 12.6 Å². The second-order valence-corrected chi connectivity index (χ2v) is 4.21. The molecule has 0 spiro atoms. The molecule has 0 amide bonds. The van der Waals surface area contributed by atoms with Crippen molar-refractivity contribution < 1.29 is 9.15 Å². The standard InChI is InChI=1S/C12H20N2O2/c1-2-11-8-14(4-6-15-11)9-12-10(7-13)3-5-16-12/h3,5,11H,2,4,6-9,13H2,1H3. The monoisotopic (exact) mass is 224 g/mol. The molecule has 1 aromatic heterocycles. The van der Waals surface area contributed by atoms with Gasteiger partial charge in [0.15, 0.2) is 0 Å². The van der Waals surface area contributed by atoms with Crippen molar-refractivity contribution >= 4 is 0 Å². The summed E-state index contributed by atoms with van der Waals surface area (Å²) in [5, 5.41) is 0. The van der Waals surface area contributed by atoms with E-state index in [4.69, 9.17) is 14.9 Å². The number of hydrogen-bond donors (Lipinski definition) is 1. The van der Waals surface area contributed by atoms with Crippen LogP contribution >= 0.6 is 0 Å². The highest BCUT2D eigenvalue weighted by Gasteiger charge is 2.20. The first kappa shape index (κ1) is 11.6. The summed E-state index contributed by atoms with van der Waals surface area (Å²) < 4.78 is 11.1. The fourth-order valence-electron chi connectivity index (χ4n) is 2.06. The van der Waals surface area contributed by atoms with E-state index in [1.54, 1.807) is 6.26 Å². The summed E-state index contributed by atoms with van der Waals surface area (Å²) in [5.41, 5.74) is 6.76. The van der Waals surface area contributed by atoms with Gasteiger partial charge in [0.25, 0.3) is 0 Å². The van der Waals surface area contributed by atoms with E-state index in [0.717, 1.165) is 44.0 Å². The zero-order chi connectivity index (χ0) is 11.4. The molecule has 0 aliphatic carbocycles. The average molecular weight is 224 g/mol. The average Bonchev–Trinajstić information content (AvgIpc) is 2.76. The van der Waals surface area contributed by atoms with Crippen molar-refractivity contribution in [3.63, 3.8) is 0 Å². The van der Waals surface area contributed by atoms with Gasteiger partial charge in [0.05, 0.1) is 25.5 Å². The van der Waals surface area contributed by atoms with Gasteiger partial charge in [-0.2, -0.15) is 0 Å². The molecule has 4 heteroatoms. The molecule has 1 atom stereocenters. The predicted molar refractivity (Wildman–Crippen MR) is 61.9 cm³/mol. The number of rotatable bonds is 4. The van der Waals surface area contributed by atoms with Crippen molar-refractivity contribution in [3.8, 4) is 0 Å². The molecule has 1 saturated heterocycles. The van der Waals surface area contributed by atoms with E-state index in [-0.39, 0.29) is 0 Å². The van der Waals surface area contributed by atoms with Crippen LogP contribution in [0.25, 0.3) is 0 Å². The molecule has 0 bridgehead atoms. The third-order valence-corrected chi connectivity index (χ3v) is 3.10.